The second-order valence-electron chi connectivity index (χ2n) is 12.0. The van der Waals surface area contributed by atoms with Gasteiger partial charge in [0.2, 0.25) is 11.6 Å². The third-order valence-corrected chi connectivity index (χ3v) is 7.98. The monoisotopic (exact) mass is 618 g/mol. The number of hydrogen-bond acceptors (Lipinski definition) is 10. The van der Waals surface area contributed by atoms with E-state index in [2.05, 4.69) is 29.0 Å². The highest BCUT2D eigenvalue weighted by molar-refractivity contribution is 6.47. The van der Waals surface area contributed by atoms with E-state index in [1.165, 1.54) is 26.0 Å². The summed E-state index contributed by atoms with van der Waals surface area (Å²) in [5.41, 5.74) is 0.939. The van der Waals surface area contributed by atoms with E-state index in [1.807, 2.05) is 4.57 Å². The van der Waals surface area contributed by atoms with Crippen LogP contribution in [0.1, 0.15) is 100 Å². The number of nitro groups is 1. The zero-order valence-electron chi connectivity index (χ0n) is 26.3. The van der Waals surface area contributed by atoms with E-state index < -0.39 is 28.4 Å². The van der Waals surface area contributed by atoms with Crippen molar-refractivity contribution in [3.63, 3.8) is 0 Å². The van der Waals surface area contributed by atoms with E-state index in [0.717, 1.165) is 45.4 Å². The van der Waals surface area contributed by atoms with Gasteiger partial charge in [-0.15, -0.1) is 0 Å². The van der Waals surface area contributed by atoms with Gasteiger partial charge in [0.25, 0.3) is 5.69 Å². The van der Waals surface area contributed by atoms with Crippen LogP contribution in [-0.2, 0) is 25.8 Å². The molecule has 238 valence electrons. The number of fused-ring (bicyclic) bond motifs is 3. The van der Waals surface area contributed by atoms with Crippen LogP contribution in [0.4, 0.5) is 5.69 Å². The van der Waals surface area contributed by atoms with Crippen molar-refractivity contribution >= 4 is 62.4 Å². The predicted octanol–water partition coefficient (Wildman–Crippen LogP) is 6.94. The second kappa shape index (κ2) is 14.4. The van der Waals surface area contributed by atoms with Gasteiger partial charge in [0.05, 0.1) is 4.92 Å². The van der Waals surface area contributed by atoms with Gasteiger partial charge < -0.3 is 14.2 Å². The maximum Gasteiger partial charge on any atom is 0.331 e. The summed E-state index contributed by atoms with van der Waals surface area (Å²) in [4.78, 5) is 71.3. The van der Waals surface area contributed by atoms with Crippen LogP contribution < -0.4 is 0 Å². The summed E-state index contributed by atoms with van der Waals surface area (Å²) in [6.07, 6.45) is 6.27. The van der Waals surface area contributed by atoms with Crippen molar-refractivity contribution < 1.29 is 33.8 Å². The van der Waals surface area contributed by atoms with Crippen LogP contribution in [0.25, 0.3) is 21.8 Å². The first-order chi connectivity index (χ1) is 21.4. The van der Waals surface area contributed by atoms with Gasteiger partial charge in [-0.05, 0) is 55.9 Å². The van der Waals surface area contributed by atoms with Crippen LogP contribution in [0.5, 0.6) is 0 Å². The number of benzene rings is 2. The molecule has 1 saturated carbocycles. The summed E-state index contributed by atoms with van der Waals surface area (Å²) in [6, 6.07) is 7.77. The molecule has 0 atom stereocenters. The molecule has 0 saturated heterocycles. The Morgan fingerprint density at radius 3 is 2.18 bits per heavy atom. The highest BCUT2D eigenvalue weighted by atomic mass is 16.7. The molecule has 0 unspecified atom stereocenters. The standard InChI is InChI=1S/C33H38N4O8/c1-19(2)13-14-36-29-12-11-24(33(41)28(35-45-22(5)39)15-23-9-7-6-8-10-23)16-26(29)27-17-25(18-30(31(27)36)37(42)43)32(40)20(3)34-44-21(4)38/h11-12,16-19,23H,6-10,13-15H2,1-5H3/b34-20+,35-28+. The molecule has 0 N–H and O–H groups in total. The van der Waals surface area contributed by atoms with Crippen molar-refractivity contribution in [3.8, 4) is 0 Å². The Kier molecular flexibility index (Phi) is 10.6. The number of nitro benzene ring substituents is 1. The Hall–Kier alpha value is -4.74. The fraction of sp³-hybridized carbons (Fsp3) is 0.455. The molecule has 3 aromatic rings. The smallest absolute Gasteiger partial charge is 0.331 e. The maximum atomic E-state index is 13.9. The van der Waals surface area contributed by atoms with Gasteiger partial charge in [-0.1, -0.05) is 56.3 Å². The number of ketones is 2. The molecule has 0 amide bonds. The van der Waals surface area contributed by atoms with Gasteiger partial charge in [0, 0.05) is 53.9 Å². The van der Waals surface area contributed by atoms with Gasteiger partial charge in [0.1, 0.15) is 16.9 Å². The summed E-state index contributed by atoms with van der Waals surface area (Å²) in [5, 5.41) is 20.8. The lowest BCUT2D eigenvalue weighted by Crippen LogP contribution is -2.21. The van der Waals surface area contributed by atoms with Crippen molar-refractivity contribution in [1.29, 1.82) is 0 Å². The fourth-order valence-corrected chi connectivity index (χ4v) is 5.75. The molecule has 0 spiro atoms. The molecule has 12 nitrogen and oxygen atoms in total. The van der Waals surface area contributed by atoms with Crippen molar-refractivity contribution in [2.24, 2.45) is 22.1 Å². The molecule has 1 aliphatic rings. The first-order valence-electron chi connectivity index (χ1n) is 15.2. The number of Topliss-reactive ketones (excluding diaryl/α,β-unsaturated/α-hetero) is 2. The first-order valence-corrected chi connectivity index (χ1v) is 15.2. The van der Waals surface area contributed by atoms with Gasteiger partial charge in [-0.25, -0.2) is 9.59 Å². The molecule has 1 fully saturated rings. The number of carbonyl (C=O) groups excluding carboxylic acids is 4. The summed E-state index contributed by atoms with van der Waals surface area (Å²) in [6.45, 7) is 8.27. The lowest BCUT2D eigenvalue weighted by atomic mass is 9.84. The highest BCUT2D eigenvalue weighted by Crippen LogP contribution is 2.37. The minimum atomic E-state index is -0.714. The van der Waals surface area contributed by atoms with E-state index >= 15 is 0 Å². The highest BCUT2D eigenvalue weighted by Gasteiger charge is 2.27. The molecule has 0 aliphatic heterocycles. The zero-order valence-corrected chi connectivity index (χ0v) is 26.3. The summed E-state index contributed by atoms with van der Waals surface area (Å²) >= 11 is 0. The number of carbonyl (C=O) groups is 4. The largest absolute Gasteiger partial charge is 0.335 e. The molecule has 1 aromatic heterocycles. The molecule has 2 aromatic carbocycles. The lowest BCUT2D eigenvalue weighted by Gasteiger charge is -2.21. The number of oxime groups is 2. The van der Waals surface area contributed by atoms with Crippen molar-refractivity contribution in [2.75, 3.05) is 0 Å². The predicted molar refractivity (Wildman–Crippen MR) is 169 cm³/mol. The number of aryl methyl sites for hydroxylation is 1. The van der Waals surface area contributed by atoms with E-state index in [0.29, 0.717) is 40.7 Å². The van der Waals surface area contributed by atoms with Gasteiger partial charge in [-0.2, -0.15) is 0 Å². The first kappa shape index (κ1) is 33.2. The molecule has 1 heterocycles. The van der Waals surface area contributed by atoms with E-state index in [9.17, 15) is 29.3 Å². The average Bonchev–Trinajstić information content (AvgIpc) is 3.32. The zero-order chi connectivity index (χ0) is 32.8. The van der Waals surface area contributed by atoms with E-state index in [4.69, 9.17) is 4.84 Å². The van der Waals surface area contributed by atoms with Crippen LogP contribution in [-0.4, -0.2) is 44.4 Å². The number of aromatic nitrogens is 1. The van der Waals surface area contributed by atoms with Crippen molar-refractivity contribution in [3.05, 3.63) is 51.6 Å². The van der Waals surface area contributed by atoms with E-state index in [1.54, 1.807) is 18.2 Å². The van der Waals surface area contributed by atoms with E-state index in [-0.39, 0.29) is 34.2 Å². The van der Waals surface area contributed by atoms with Crippen LogP contribution >= 0.6 is 0 Å². The van der Waals surface area contributed by atoms with Crippen LogP contribution in [0.15, 0.2) is 40.6 Å². The summed E-state index contributed by atoms with van der Waals surface area (Å²) in [7, 11) is 0. The number of nitrogens with zero attached hydrogens (tertiary/aromatic N) is 4. The minimum absolute atomic E-state index is 0.0170. The third-order valence-electron chi connectivity index (χ3n) is 7.98. The molecular weight excluding hydrogens is 580 g/mol. The van der Waals surface area contributed by atoms with Gasteiger partial charge in [-0.3, -0.25) is 19.7 Å². The normalized spacial score (nSPS) is 14.6. The molecule has 45 heavy (non-hydrogen) atoms. The Balaban J connectivity index is 1.91. The summed E-state index contributed by atoms with van der Waals surface area (Å²) < 4.78 is 1.85. The molecular formula is C33H38N4O8. The second-order valence-corrected chi connectivity index (χ2v) is 12.0. The van der Waals surface area contributed by atoms with Gasteiger partial charge in [0.15, 0.2) is 0 Å². The number of non-ortho nitro benzene ring substituents is 1. The molecule has 4 rings (SSSR count). The third kappa shape index (κ3) is 7.86. The number of hydrogen-bond donors (Lipinski definition) is 0. The molecule has 0 bridgehead atoms. The van der Waals surface area contributed by atoms with Crippen molar-refractivity contribution in [1.82, 2.24) is 4.57 Å². The Labute approximate surface area is 260 Å². The van der Waals surface area contributed by atoms with Crippen LogP contribution in [0.2, 0.25) is 0 Å². The van der Waals surface area contributed by atoms with Crippen molar-refractivity contribution in [2.45, 2.75) is 86.1 Å². The quantitative estimate of drug-likeness (QED) is 0.0693. The maximum absolute atomic E-state index is 13.9. The van der Waals surface area contributed by atoms with Gasteiger partial charge >= 0.3 is 11.9 Å². The summed E-state index contributed by atoms with van der Waals surface area (Å²) in [5.74, 6) is -1.86. The number of rotatable bonds is 12. The van der Waals surface area contributed by atoms with Crippen LogP contribution in [0, 0.1) is 22.0 Å². The van der Waals surface area contributed by atoms with Crippen LogP contribution in [0.3, 0.4) is 0 Å². The molecule has 12 heteroatoms. The molecule has 1 aliphatic carbocycles. The minimum Gasteiger partial charge on any atom is -0.335 e. The Morgan fingerprint density at radius 2 is 1.56 bits per heavy atom. The molecule has 0 radical (unpaired) electrons. The Morgan fingerprint density at radius 1 is 0.911 bits per heavy atom. The Bertz CT molecular complexity index is 1730. The SMILES string of the molecule is CC(=O)O/N=C(\C)C(=O)c1cc([N+](=O)[O-])c2c(c1)c1cc(C(=O)/C(CC3CCCCC3)=N/OC(C)=O)ccc1n2CCC(C)C. The lowest BCUT2D eigenvalue weighted by molar-refractivity contribution is -0.383. The average molecular weight is 619 g/mol. The topological polar surface area (TPSA) is 160 Å². The fourth-order valence-electron chi connectivity index (χ4n) is 5.75.